The Morgan fingerprint density at radius 2 is 1.90 bits per heavy atom. The van der Waals surface area contributed by atoms with Crippen LogP contribution in [0.25, 0.3) is 10.9 Å². The van der Waals surface area contributed by atoms with Gasteiger partial charge >= 0.3 is 0 Å². The van der Waals surface area contributed by atoms with E-state index in [0.29, 0.717) is 23.6 Å². The van der Waals surface area contributed by atoms with Crippen LogP contribution in [-0.4, -0.2) is 34.6 Å². The fourth-order valence-corrected chi connectivity index (χ4v) is 4.59. The summed E-state index contributed by atoms with van der Waals surface area (Å²) in [4.78, 5) is 18.9. The number of benzene rings is 3. The number of ether oxygens (including phenoxy) is 1. The molecule has 5 nitrogen and oxygen atoms in total. The molecule has 6 heteroatoms. The highest BCUT2D eigenvalue weighted by molar-refractivity contribution is 6.31. The standard InChI is InChI=1S/C25H21ClN2O3/c1-31-17-9-6-15(7-10-17)24-23-18(20-14-16(26)8-11-21(20)27-23)12-13-28(24)25(30)19-4-2-3-5-22(19)29/h2-11,14,24,27,29H,12-13H2,1H3. The molecular formula is C25H21ClN2O3. The van der Waals surface area contributed by atoms with Crippen LogP contribution in [0.15, 0.2) is 66.7 Å². The molecule has 5 rings (SSSR count). The van der Waals surface area contributed by atoms with Crippen LogP contribution in [0.3, 0.4) is 0 Å². The Labute approximate surface area is 184 Å². The monoisotopic (exact) mass is 432 g/mol. The maximum absolute atomic E-state index is 13.5. The number of nitrogens with zero attached hydrogens (tertiary/aromatic N) is 1. The first-order valence-corrected chi connectivity index (χ1v) is 10.5. The van der Waals surface area contributed by atoms with Gasteiger partial charge in [0.25, 0.3) is 5.91 Å². The third-order valence-electron chi connectivity index (χ3n) is 5.92. The minimum absolute atomic E-state index is 0.0183. The maximum atomic E-state index is 13.5. The van der Waals surface area contributed by atoms with Crippen molar-refractivity contribution in [1.29, 1.82) is 0 Å². The van der Waals surface area contributed by atoms with E-state index in [1.807, 2.05) is 47.4 Å². The lowest BCUT2D eigenvalue weighted by Crippen LogP contribution is -2.40. The van der Waals surface area contributed by atoms with E-state index in [1.165, 1.54) is 11.6 Å². The van der Waals surface area contributed by atoms with Crippen molar-refractivity contribution in [3.05, 3.63) is 94.1 Å². The van der Waals surface area contributed by atoms with E-state index in [4.69, 9.17) is 16.3 Å². The highest BCUT2D eigenvalue weighted by atomic mass is 35.5. The topological polar surface area (TPSA) is 65.6 Å². The molecule has 1 aliphatic heterocycles. The van der Waals surface area contributed by atoms with Crippen molar-refractivity contribution >= 4 is 28.4 Å². The van der Waals surface area contributed by atoms with Gasteiger partial charge in [0.2, 0.25) is 0 Å². The Kier molecular flexibility index (Phi) is 4.83. The van der Waals surface area contributed by atoms with Crippen molar-refractivity contribution in [2.24, 2.45) is 0 Å². The van der Waals surface area contributed by atoms with Crippen LogP contribution < -0.4 is 4.74 Å². The Bertz CT molecular complexity index is 1280. The number of H-pyrrole nitrogens is 1. The van der Waals surface area contributed by atoms with Gasteiger partial charge in [-0.1, -0.05) is 35.9 Å². The first-order valence-electron chi connectivity index (χ1n) is 10.1. The van der Waals surface area contributed by atoms with E-state index in [0.717, 1.165) is 27.9 Å². The zero-order valence-corrected chi connectivity index (χ0v) is 17.7. The Hall–Kier alpha value is -3.44. The lowest BCUT2D eigenvalue weighted by atomic mass is 9.91. The summed E-state index contributed by atoms with van der Waals surface area (Å²) >= 11 is 6.26. The van der Waals surface area contributed by atoms with Crippen molar-refractivity contribution in [2.75, 3.05) is 13.7 Å². The molecule has 3 aromatic carbocycles. The lowest BCUT2D eigenvalue weighted by molar-refractivity contribution is 0.0689. The third kappa shape index (κ3) is 3.31. The van der Waals surface area contributed by atoms with Gasteiger partial charge in [0, 0.05) is 28.2 Å². The van der Waals surface area contributed by atoms with Gasteiger partial charge in [0.05, 0.1) is 18.7 Å². The predicted molar refractivity (Wildman–Crippen MR) is 121 cm³/mol. The number of hydrogen-bond donors (Lipinski definition) is 2. The summed E-state index contributed by atoms with van der Waals surface area (Å²) in [6, 6.07) is 19.9. The van der Waals surface area contributed by atoms with Crippen molar-refractivity contribution < 1.29 is 14.6 Å². The van der Waals surface area contributed by atoms with Crippen LogP contribution in [0.1, 0.15) is 33.2 Å². The van der Waals surface area contributed by atoms with Crippen LogP contribution in [-0.2, 0) is 6.42 Å². The van der Waals surface area contributed by atoms with Gasteiger partial charge in [-0.05, 0) is 60.0 Å². The number of carbonyl (C=O) groups is 1. The van der Waals surface area contributed by atoms with Crippen molar-refractivity contribution in [3.63, 3.8) is 0 Å². The summed E-state index contributed by atoms with van der Waals surface area (Å²) in [6.45, 7) is 0.524. The molecule has 4 aromatic rings. The number of para-hydroxylation sites is 1. The number of amides is 1. The molecule has 31 heavy (non-hydrogen) atoms. The normalized spacial score (nSPS) is 15.7. The van der Waals surface area contributed by atoms with Gasteiger partial charge in [0.15, 0.2) is 0 Å². The average Bonchev–Trinajstić information content (AvgIpc) is 3.16. The van der Waals surface area contributed by atoms with E-state index in [2.05, 4.69) is 4.98 Å². The number of aromatic amines is 1. The van der Waals surface area contributed by atoms with Crippen molar-refractivity contribution in [3.8, 4) is 11.5 Å². The summed E-state index contributed by atoms with van der Waals surface area (Å²) in [5.74, 6) is 0.526. The molecular weight excluding hydrogens is 412 g/mol. The van der Waals surface area contributed by atoms with E-state index in [9.17, 15) is 9.90 Å². The molecule has 1 unspecified atom stereocenters. The molecule has 0 aliphatic carbocycles. The first-order chi connectivity index (χ1) is 15.1. The molecule has 156 valence electrons. The van der Waals surface area contributed by atoms with Crippen LogP contribution in [0, 0.1) is 0 Å². The minimum atomic E-state index is -0.326. The molecule has 0 spiro atoms. The number of nitrogens with one attached hydrogen (secondary N) is 1. The molecule has 0 radical (unpaired) electrons. The van der Waals surface area contributed by atoms with Gasteiger partial charge in [0.1, 0.15) is 11.5 Å². The van der Waals surface area contributed by atoms with Crippen molar-refractivity contribution in [1.82, 2.24) is 9.88 Å². The summed E-state index contributed by atoms with van der Waals surface area (Å²) in [5.41, 5.74) is 4.38. The minimum Gasteiger partial charge on any atom is -0.507 e. The van der Waals surface area contributed by atoms with E-state index in [1.54, 1.807) is 25.3 Å². The summed E-state index contributed by atoms with van der Waals surface area (Å²) in [7, 11) is 1.63. The summed E-state index contributed by atoms with van der Waals surface area (Å²) in [6.07, 6.45) is 0.696. The Morgan fingerprint density at radius 1 is 1.13 bits per heavy atom. The quantitative estimate of drug-likeness (QED) is 0.460. The maximum Gasteiger partial charge on any atom is 0.258 e. The molecule has 1 aliphatic rings. The highest BCUT2D eigenvalue weighted by Gasteiger charge is 2.35. The van der Waals surface area contributed by atoms with Crippen LogP contribution in [0.4, 0.5) is 0 Å². The Balaban J connectivity index is 1.67. The SMILES string of the molecule is COc1ccc(C2c3[nH]c4ccc(Cl)cc4c3CCN2C(=O)c2ccccc2O)cc1. The zero-order chi connectivity index (χ0) is 21.5. The van der Waals surface area contributed by atoms with Crippen LogP contribution >= 0.6 is 11.6 Å². The second-order valence-electron chi connectivity index (χ2n) is 7.65. The number of halogens is 1. The van der Waals surface area contributed by atoms with Gasteiger partial charge in [-0.2, -0.15) is 0 Å². The number of fused-ring (bicyclic) bond motifs is 3. The number of hydrogen-bond acceptors (Lipinski definition) is 3. The van der Waals surface area contributed by atoms with Crippen LogP contribution in [0.5, 0.6) is 11.5 Å². The zero-order valence-electron chi connectivity index (χ0n) is 16.9. The second-order valence-corrected chi connectivity index (χ2v) is 8.08. The first kappa shape index (κ1) is 19.5. The molecule has 1 atom stereocenters. The number of aromatic hydroxyl groups is 1. The predicted octanol–water partition coefficient (Wildman–Crippen LogP) is 5.32. The fourth-order valence-electron chi connectivity index (χ4n) is 4.42. The third-order valence-corrected chi connectivity index (χ3v) is 6.15. The Morgan fingerprint density at radius 3 is 2.65 bits per heavy atom. The summed E-state index contributed by atoms with van der Waals surface area (Å²) in [5, 5.41) is 12.1. The van der Waals surface area contributed by atoms with Gasteiger partial charge in [-0.25, -0.2) is 0 Å². The van der Waals surface area contributed by atoms with Gasteiger partial charge in [-0.3, -0.25) is 4.79 Å². The largest absolute Gasteiger partial charge is 0.507 e. The molecule has 0 saturated heterocycles. The smallest absolute Gasteiger partial charge is 0.258 e. The number of aromatic nitrogens is 1. The molecule has 0 fully saturated rings. The number of phenolic OH excluding ortho intramolecular Hbond substituents is 1. The van der Waals surface area contributed by atoms with Gasteiger partial charge in [-0.15, -0.1) is 0 Å². The van der Waals surface area contributed by atoms with E-state index >= 15 is 0 Å². The molecule has 2 N–H and O–H groups in total. The lowest BCUT2D eigenvalue weighted by Gasteiger charge is -2.36. The highest BCUT2D eigenvalue weighted by Crippen LogP contribution is 2.40. The van der Waals surface area contributed by atoms with Crippen LogP contribution in [0.2, 0.25) is 5.02 Å². The number of methoxy groups -OCH3 is 1. The molecule has 0 saturated carbocycles. The second kappa shape index (κ2) is 7.67. The number of carbonyl (C=O) groups excluding carboxylic acids is 1. The van der Waals surface area contributed by atoms with E-state index < -0.39 is 0 Å². The fraction of sp³-hybridized carbons (Fsp3) is 0.160. The van der Waals surface area contributed by atoms with Gasteiger partial charge < -0.3 is 19.7 Å². The molecule has 0 bridgehead atoms. The number of phenols is 1. The average molecular weight is 433 g/mol. The number of rotatable bonds is 3. The molecule has 1 amide bonds. The van der Waals surface area contributed by atoms with E-state index in [-0.39, 0.29) is 17.7 Å². The van der Waals surface area contributed by atoms with Crippen molar-refractivity contribution in [2.45, 2.75) is 12.5 Å². The molecule has 1 aromatic heterocycles. The molecule has 2 heterocycles. The summed E-state index contributed by atoms with van der Waals surface area (Å²) < 4.78 is 5.31.